The van der Waals surface area contributed by atoms with Gasteiger partial charge in [-0.3, -0.25) is 9.52 Å². The summed E-state index contributed by atoms with van der Waals surface area (Å²) in [5, 5.41) is 0. The van der Waals surface area contributed by atoms with Gasteiger partial charge < -0.3 is 4.90 Å². The van der Waals surface area contributed by atoms with Gasteiger partial charge in [0.15, 0.2) is 0 Å². The number of nitrogens with zero attached hydrogens (tertiary/aromatic N) is 1. The fourth-order valence-corrected chi connectivity index (χ4v) is 4.22. The van der Waals surface area contributed by atoms with E-state index in [9.17, 15) is 26.4 Å². The molecule has 0 aromatic heterocycles. The Morgan fingerprint density at radius 1 is 1.15 bits per heavy atom. The minimum absolute atomic E-state index is 0.149. The normalized spacial score (nSPS) is 14.6. The van der Waals surface area contributed by atoms with Crippen molar-refractivity contribution < 1.29 is 26.4 Å². The second kappa shape index (κ2) is 6.88. The number of nitrogens with one attached hydrogen (secondary N) is 1. The molecule has 1 aliphatic rings. The highest BCUT2D eigenvalue weighted by atomic mass is 32.2. The van der Waals surface area contributed by atoms with Gasteiger partial charge in [0.05, 0.1) is 16.1 Å². The number of halogens is 3. The molecule has 1 N–H and O–H groups in total. The fraction of sp³-hybridized carbons (Fsp3) is 0.278. The molecule has 0 atom stereocenters. The van der Waals surface area contributed by atoms with Crippen LogP contribution in [0.4, 0.5) is 24.5 Å². The third-order valence-electron chi connectivity index (χ3n) is 4.34. The number of anilines is 2. The minimum atomic E-state index is -4.68. The van der Waals surface area contributed by atoms with Gasteiger partial charge in [0.25, 0.3) is 10.0 Å². The summed E-state index contributed by atoms with van der Waals surface area (Å²) in [7, 11) is -4.22. The third kappa shape index (κ3) is 3.92. The van der Waals surface area contributed by atoms with E-state index >= 15 is 0 Å². The number of alkyl halides is 3. The maximum Gasteiger partial charge on any atom is 0.418 e. The molecule has 1 aliphatic heterocycles. The molecule has 2 aromatic carbocycles. The third-order valence-corrected chi connectivity index (χ3v) is 5.70. The van der Waals surface area contributed by atoms with Crippen molar-refractivity contribution in [2.75, 3.05) is 16.2 Å². The molecule has 0 fully saturated rings. The van der Waals surface area contributed by atoms with E-state index in [1.165, 1.54) is 37.3 Å². The first-order chi connectivity index (χ1) is 12.6. The van der Waals surface area contributed by atoms with E-state index in [1.54, 1.807) is 4.90 Å². The van der Waals surface area contributed by atoms with E-state index in [0.717, 1.165) is 12.1 Å². The van der Waals surface area contributed by atoms with Crippen molar-refractivity contribution in [3.05, 3.63) is 53.6 Å². The Morgan fingerprint density at radius 3 is 2.52 bits per heavy atom. The number of carbonyl (C=O) groups excluding carboxylic acids is 1. The first-order valence-corrected chi connectivity index (χ1v) is 9.68. The molecule has 1 heterocycles. The summed E-state index contributed by atoms with van der Waals surface area (Å²) in [5.74, 6) is -0.149. The summed E-state index contributed by atoms with van der Waals surface area (Å²) >= 11 is 0. The van der Waals surface area contributed by atoms with Gasteiger partial charge in [-0.1, -0.05) is 12.1 Å². The Balaban J connectivity index is 1.97. The van der Waals surface area contributed by atoms with E-state index in [4.69, 9.17) is 0 Å². The molecule has 3 rings (SSSR count). The van der Waals surface area contributed by atoms with Gasteiger partial charge in [-0.2, -0.15) is 13.2 Å². The topological polar surface area (TPSA) is 66.5 Å². The summed E-state index contributed by atoms with van der Waals surface area (Å²) in [4.78, 5) is 13.1. The number of aryl methyl sites for hydroxylation is 1. The number of fused-ring (bicyclic) bond motifs is 1. The van der Waals surface area contributed by atoms with Gasteiger partial charge in [-0.15, -0.1) is 0 Å². The van der Waals surface area contributed by atoms with Crippen LogP contribution < -0.4 is 9.62 Å². The Morgan fingerprint density at radius 2 is 1.85 bits per heavy atom. The average Bonchev–Trinajstić information content (AvgIpc) is 2.59. The highest BCUT2D eigenvalue weighted by molar-refractivity contribution is 7.92. The molecule has 0 saturated carbocycles. The molecule has 0 unspecified atom stereocenters. The molecule has 0 radical (unpaired) electrons. The quantitative estimate of drug-likeness (QED) is 0.855. The summed E-state index contributed by atoms with van der Waals surface area (Å²) < 4.78 is 66.6. The monoisotopic (exact) mass is 398 g/mol. The minimum Gasteiger partial charge on any atom is -0.312 e. The van der Waals surface area contributed by atoms with Crippen molar-refractivity contribution >= 4 is 27.3 Å². The van der Waals surface area contributed by atoms with Crippen molar-refractivity contribution in [1.82, 2.24) is 0 Å². The fourth-order valence-electron chi connectivity index (χ4n) is 3.09. The number of hydrogen-bond donors (Lipinski definition) is 1. The van der Waals surface area contributed by atoms with E-state index in [-0.39, 0.29) is 10.8 Å². The van der Waals surface area contributed by atoms with Gasteiger partial charge >= 0.3 is 6.18 Å². The molecular weight excluding hydrogens is 381 g/mol. The highest BCUT2D eigenvalue weighted by Gasteiger charge is 2.34. The smallest absolute Gasteiger partial charge is 0.312 e. The van der Waals surface area contributed by atoms with E-state index in [1.807, 2.05) is 4.72 Å². The maximum absolute atomic E-state index is 13.1. The zero-order valence-corrected chi connectivity index (χ0v) is 15.2. The van der Waals surface area contributed by atoms with Crippen molar-refractivity contribution in [1.29, 1.82) is 0 Å². The molecule has 0 bridgehead atoms. The van der Waals surface area contributed by atoms with Crippen LogP contribution in [-0.2, 0) is 27.4 Å². The second-order valence-corrected chi connectivity index (χ2v) is 7.90. The van der Waals surface area contributed by atoms with Crippen molar-refractivity contribution in [2.45, 2.75) is 30.8 Å². The van der Waals surface area contributed by atoms with E-state index in [2.05, 4.69) is 0 Å². The standard InChI is InChI=1S/C18H17F3N2O3S/c1-12(24)23-10-4-5-13-11-14(8-9-17(13)23)27(25,26)22-16-7-3-2-6-15(16)18(19,20)21/h2-3,6-9,11,22H,4-5,10H2,1H3. The summed E-state index contributed by atoms with van der Waals surface area (Å²) in [5.41, 5.74) is -0.297. The number of carbonyl (C=O) groups is 1. The Hall–Kier alpha value is -2.55. The number of para-hydroxylation sites is 1. The summed E-state index contributed by atoms with van der Waals surface area (Å²) in [6, 6.07) is 8.61. The lowest BCUT2D eigenvalue weighted by molar-refractivity contribution is -0.136. The molecule has 1 amide bonds. The van der Waals surface area contributed by atoms with Crippen LogP contribution in [0.2, 0.25) is 0 Å². The van der Waals surface area contributed by atoms with Crippen LogP contribution in [0.5, 0.6) is 0 Å². The van der Waals surface area contributed by atoms with Crippen LogP contribution >= 0.6 is 0 Å². The predicted octanol–water partition coefficient (Wildman–Crippen LogP) is 3.81. The SMILES string of the molecule is CC(=O)N1CCCc2cc(S(=O)(=O)Nc3ccccc3C(F)(F)F)ccc21. The van der Waals surface area contributed by atoms with Gasteiger partial charge in [0.2, 0.25) is 5.91 Å². The number of rotatable bonds is 3. The number of amides is 1. The molecule has 2 aromatic rings. The largest absolute Gasteiger partial charge is 0.418 e. The van der Waals surface area contributed by atoms with Crippen LogP contribution in [0, 0.1) is 0 Å². The Bertz CT molecular complexity index is 988. The molecule has 0 spiro atoms. The van der Waals surface area contributed by atoms with Gasteiger partial charge in [-0.25, -0.2) is 8.42 Å². The van der Waals surface area contributed by atoms with Gasteiger partial charge in [-0.05, 0) is 48.7 Å². The zero-order valence-electron chi connectivity index (χ0n) is 14.4. The van der Waals surface area contributed by atoms with Gasteiger partial charge in [0.1, 0.15) is 0 Å². The number of hydrogen-bond acceptors (Lipinski definition) is 3. The van der Waals surface area contributed by atoms with Crippen LogP contribution in [0.15, 0.2) is 47.4 Å². The lowest BCUT2D eigenvalue weighted by Crippen LogP contribution is -2.33. The number of sulfonamides is 1. The first-order valence-electron chi connectivity index (χ1n) is 8.20. The van der Waals surface area contributed by atoms with Crippen LogP contribution in [0.3, 0.4) is 0 Å². The van der Waals surface area contributed by atoms with Crippen molar-refractivity contribution in [2.24, 2.45) is 0 Å². The van der Waals surface area contributed by atoms with Crippen molar-refractivity contribution in [3.63, 3.8) is 0 Å². The number of benzene rings is 2. The lowest BCUT2D eigenvalue weighted by Gasteiger charge is -2.29. The summed E-state index contributed by atoms with van der Waals surface area (Å²) in [6.45, 7) is 1.97. The zero-order chi connectivity index (χ0) is 19.8. The molecule has 27 heavy (non-hydrogen) atoms. The highest BCUT2D eigenvalue weighted by Crippen LogP contribution is 2.36. The van der Waals surface area contributed by atoms with Crippen molar-refractivity contribution in [3.8, 4) is 0 Å². The molecule has 144 valence electrons. The second-order valence-electron chi connectivity index (χ2n) is 6.21. The molecule has 0 aliphatic carbocycles. The van der Waals surface area contributed by atoms with E-state index in [0.29, 0.717) is 30.6 Å². The van der Waals surface area contributed by atoms with Gasteiger partial charge in [0, 0.05) is 19.2 Å². The van der Waals surface area contributed by atoms with Crippen LogP contribution in [0.1, 0.15) is 24.5 Å². The lowest BCUT2D eigenvalue weighted by atomic mass is 10.0. The van der Waals surface area contributed by atoms with E-state index < -0.39 is 27.5 Å². The molecular formula is C18H17F3N2O3S. The maximum atomic E-state index is 13.1. The molecule has 5 nitrogen and oxygen atoms in total. The predicted molar refractivity (Wildman–Crippen MR) is 95.0 cm³/mol. The molecule has 0 saturated heterocycles. The Labute approximate surface area is 154 Å². The Kier molecular flexibility index (Phi) is 4.90. The van der Waals surface area contributed by atoms with Crippen LogP contribution in [-0.4, -0.2) is 20.9 Å². The average molecular weight is 398 g/mol. The molecule has 9 heteroatoms. The summed E-state index contributed by atoms with van der Waals surface area (Å²) in [6.07, 6.45) is -3.42. The van der Waals surface area contributed by atoms with Crippen LogP contribution in [0.25, 0.3) is 0 Å². The first kappa shape index (κ1) is 19.2.